The van der Waals surface area contributed by atoms with Crippen LogP contribution in [0.1, 0.15) is 37.0 Å². The van der Waals surface area contributed by atoms with Gasteiger partial charge in [-0.25, -0.2) is 4.79 Å². The summed E-state index contributed by atoms with van der Waals surface area (Å²) in [5.74, 6) is 0.700. The lowest BCUT2D eigenvalue weighted by atomic mass is 10.2. The van der Waals surface area contributed by atoms with Gasteiger partial charge in [0.1, 0.15) is 5.56 Å². The summed E-state index contributed by atoms with van der Waals surface area (Å²) in [5, 5.41) is 4.21. The summed E-state index contributed by atoms with van der Waals surface area (Å²) in [6.45, 7) is 5.09. The van der Waals surface area contributed by atoms with E-state index in [-0.39, 0.29) is 0 Å². The number of carbonyl (C=O) groups is 1. The number of unbranched alkanes of at least 4 members (excludes halogenated alkanes) is 1. The van der Waals surface area contributed by atoms with Crippen molar-refractivity contribution in [2.75, 3.05) is 20.3 Å². The van der Waals surface area contributed by atoms with Crippen LogP contribution in [0.2, 0.25) is 0 Å². The number of nitrogens with zero attached hydrogens (tertiary/aromatic N) is 2. The normalized spacial score (nSPS) is 10.6. The Hall–Kier alpha value is -2.24. The van der Waals surface area contributed by atoms with Crippen molar-refractivity contribution in [2.24, 2.45) is 0 Å². The van der Waals surface area contributed by atoms with E-state index >= 15 is 0 Å². The molecule has 2 aromatic rings. The van der Waals surface area contributed by atoms with Crippen LogP contribution in [0.15, 0.2) is 18.3 Å². The van der Waals surface area contributed by atoms with Crippen LogP contribution < -0.4 is 9.47 Å². The molecule has 0 spiro atoms. The number of hydrogen-bond acceptors (Lipinski definition) is 5. The SMILES string of the molecule is CCCCOc1ccc2c(C(=O)OC)cnn2c1OCC. The maximum atomic E-state index is 11.7. The van der Waals surface area contributed by atoms with Crippen LogP contribution >= 0.6 is 0 Å². The smallest absolute Gasteiger partial charge is 0.341 e. The fourth-order valence-electron chi connectivity index (χ4n) is 1.98. The number of hydrogen-bond donors (Lipinski definition) is 0. The van der Waals surface area contributed by atoms with E-state index in [0.29, 0.717) is 35.9 Å². The van der Waals surface area contributed by atoms with Crippen molar-refractivity contribution in [3.63, 3.8) is 0 Å². The van der Waals surface area contributed by atoms with Crippen LogP contribution in [0, 0.1) is 0 Å². The number of aromatic nitrogens is 2. The van der Waals surface area contributed by atoms with Crippen LogP contribution in [-0.4, -0.2) is 35.9 Å². The van der Waals surface area contributed by atoms with E-state index < -0.39 is 5.97 Å². The lowest BCUT2D eigenvalue weighted by molar-refractivity contribution is 0.0603. The molecule has 6 nitrogen and oxygen atoms in total. The minimum atomic E-state index is -0.424. The topological polar surface area (TPSA) is 62.1 Å². The van der Waals surface area contributed by atoms with Gasteiger partial charge in [-0.1, -0.05) is 13.3 Å². The van der Waals surface area contributed by atoms with Crippen LogP contribution in [-0.2, 0) is 4.74 Å². The molecule has 0 aliphatic rings. The summed E-state index contributed by atoms with van der Waals surface area (Å²) in [4.78, 5) is 11.7. The zero-order valence-corrected chi connectivity index (χ0v) is 12.6. The van der Waals surface area contributed by atoms with E-state index in [1.807, 2.05) is 6.92 Å². The van der Waals surface area contributed by atoms with Gasteiger partial charge in [-0.2, -0.15) is 9.61 Å². The van der Waals surface area contributed by atoms with E-state index in [0.717, 1.165) is 12.8 Å². The maximum Gasteiger partial charge on any atom is 0.341 e. The molecule has 2 aromatic heterocycles. The number of esters is 1. The highest BCUT2D eigenvalue weighted by Gasteiger charge is 2.18. The summed E-state index contributed by atoms with van der Waals surface area (Å²) in [6, 6.07) is 3.58. The molecule has 6 heteroatoms. The highest BCUT2D eigenvalue weighted by Crippen LogP contribution is 2.30. The number of pyridine rings is 1. The number of carbonyl (C=O) groups excluding carboxylic acids is 1. The Kier molecular flexibility index (Phi) is 5.03. The lowest BCUT2D eigenvalue weighted by Gasteiger charge is -2.13. The Balaban J connectivity index is 2.43. The lowest BCUT2D eigenvalue weighted by Crippen LogP contribution is -2.06. The average molecular weight is 292 g/mol. The first-order chi connectivity index (χ1) is 10.2. The number of ether oxygens (including phenoxy) is 3. The fourth-order valence-corrected chi connectivity index (χ4v) is 1.98. The summed E-state index contributed by atoms with van der Waals surface area (Å²) < 4.78 is 17.7. The molecule has 0 radical (unpaired) electrons. The van der Waals surface area contributed by atoms with Crippen molar-refractivity contribution in [1.82, 2.24) is 9.61 Å². The predicted molar refractivity (Wildman–Crippen MR) is 78.1 cm³/mol. The largest absolute Gasteiger partial charge is 0.488 e. The van der Waals surface area contributed by atoms with Gasteiger partial charge in [-0.15, -0.1) is 0 Å². The quantitative estimate of drug-likeness (QED) is 0.580. The molecule has 0 bridgehead atoms. The van der Waals surface area contributed by atoms with Crippen molar-refractivity contribution < 1.29 is 19.0 Å². The molecule has 114 valence electrons. The molecule has 0 saturated carbocycles. The fraction of sp³-hybridized carbons (Fsp3) is 0.467. The van der Waals surface area contributed by atoms with Gasteiger partial charge in [0.15, 0.2) is 5.75 Å². The Labute approximate surface area is 123 Å². The Morgan fingerprint density at radius 1 is 1.29 bits per heavy atom. The Morgan fingerprint density at radius 3 is 2.76 bits per heavy atom. The molecule has 0 atom stereocenters. The van der Waals surface area contributed by atoms with Gasteiger partial charge in [-0.05, 0) is 25.5 Å². The van der Waals surface area contributed by atoms with Gasteiger partial charge in [0.25, 0.3) is 5.88 Å². The minimum absolute atomic E-state index is 0.401. The first-order valence-electron chi connectivity index (χ1n) is 7.07. The maximum absolute atomic E-state index is 11.7. The van der Waals surface area contributed by atoms with Gasteiger partial charge in [0.2, 0.25) is 0 Å². The summed E-state index contributed by atoms with van der Waals surface area (Å²) in [5.41, 5.74) is 1.03. The highest BCUT2D eigenvalue weighted by molar-refractivity contribution is 5.96. The standard InChI is InChI=1S/C15H20N2O4/c1-4-6-9-21-13-8-7-12-11(15(18)19-3)10-16-17(12)14(13)20-5-2/h7-8,10H,4-6,9H2,1-3H3. The van der Waals surface area contributed by atoms with Crippen LogP contribution in [0.25, 0.3) is 5.52 Å². The molecule has 21 heavy (non-hydrogen) atoms. The third-order valence-electron chi connectivity index (χ3n) is 3.04. The molecule has 0 fully saturated rings. The molecule has 0 amide bonds. The van der Waals surface area contributed by atoms with Gasteiger partial charge >= 0.3 is 5.97 Å². The monoisotopic (exact) mass is 292 g/mol. The summed E-state index contributed by atoms with van der Waals surface area (Å²) in [7, 11) is 1.34. The van der Waals surface area contributed by atoms with E-state index in [1.54, 1.807) is 16.6 Å². The van der Waals surface area contributed by atoms with Crippen LogP contribution in [0.4, 0.5) is 0 Å². The number of methoxy groups -OCH3 is 1. The zero-order chi connectivity index (χ0) is 15.2. The molecular formula is C15H20N2O4. The molecule has 2 heterocycles. The molecule has 0 aromatic carbocycles. The molecule has 0 saturated heterocycles. The predicted octanol–water partition coefficient (Wildman–Crippen LogP) is 2.70. The molecule has 0 unspecified atom stereocenters. The van der Waals surface area contributed by atoms with Crippen molar-refractivity contribution in [1.29, 1.82) is 0 Å². The molecule has 0 aliphatic carbocycles. The number of rotatable bonds is 7. The van der Waals surface area contributed by atoms with Crippen molar-refractivity contribution in [3.05, 3.63) is 23.9 Å². The van der Waals surface area contributed by atoms with Crippen LogP contribution in [0.5, 0.6) is 11.6 Å². The first kappa shape index (κ1) is 15.2. The minimum Gasteiger partial charge on any atom is -0.488 e. The summed E-state index contributed by atoms with van der Waals surface area (Å²) >= 11 is 0. The third kappa shape index (κ3) is 3.09. The van der Waals surface area contributed by atoms with E-state index in [4.69, 9.17) is 14.2 Å². The Morgan fingerprint density at radius 2 is 2.10 bits per heavy atom. The van der Waals surface area contributed by atoms with E-state index in [2.05, 4.69) is 12.0 Å². The van der Waals surface area contributed by atoms with Gasteiger partial charge in [0, 0.05) is 0 Å². The third-order valence-corrected chi connectivity index (χ3v) is 3.04. The zero-order valence-electron chi connectivity index (χ0n) is 12.6. The summed E-state index contributed by atoms with van der Waals surface area (Å²) in [6.07, 6.45) is 3.50. The molecular weight excluding hydrogens is 272 g/mol. The highest BCUT2D eigenvalue weighted by atomic mass is 16.5. The van der Waals surface area contributed by atoms with Gasteiger partial charge in [0.05, 0.1) is 32.0 Å². The van der Waals surface area contributed by atoms with Crippen molar-refractivity contribution in [3.8, 4) is 11.6 Å². The van der Waals surface area contributed by atoms with Crippen molar-refractivity contribution in [2.45, 2.75) is 26.7 Å². The second-order valence-corrected chi connectivity index (χ2v) is 4.48. The molecule has 0 aliphatic heterocycles. The Bertz CT molecular complexity index is 621. The van der Waals surface area contributed by atoms with E-state index in [1.165, 1.54) is 13.3 Å². The molecule has 0 N–H and O–H groups in total. The second kappa shape index (κ2) is 6.97. The number of fused-ring (bicyclic) bond motifs is 1. The second-order valence-electron chi connectivity index (χ2n) is 4.48. The first-order valence-corrected chi connectivity index (χ1v) is 7.07. The van der Waals surface area contributed by atoms with Crippen LogP contribution in [0.3, 0.4) is 0 Å². The van der Waals surface area contributed by atoms with Gasteiger partial charge < -0.3 is 14.2 Å². The van der Waals surface area contributed by atoms with E-state index in [9.17, 15) is 4.79 Å². The van der Waals surface area contributed by atoms with Crippen molar-refractivity contribution >= 4 is 11.5 Å². The van der Waals surface area contributed by atoms with Gasteiger partial charge in [-0.3, -0.25) is 0 Å². The molecule has 2 rings (SSSR count). The average Bonchev–Trinajstić information content (AvgIpc) is 2.93.